The summed E-state index contributed by atoms with van der Waals surface area (Å²) in [5.74, 6) is 0.392. The lowest BCUT2D eigenvalue weighted by molar-refractivity contribution is -0.135. The molecule has 0 saturated carbocycles. The maximum atomic E-state index is 12.5. The summed E-state index contributed by atoms with van der Waals surface area (Å²) < 4.78 is 36.6. The molecule has 8 heteroatoms. The van der Waals surface area contributed by atoms with Crippen LogP contribution in [-0.2, 0) is 19.6 Å². The number of amides is 1. The summed E-state index contributed by atoms with van der Waals surface area (Å²) in [6.45, 7) is 4.15. The van der Waals surface area contributed by atoms with E-state index in [-0.39, 0.29) is 17.3 Å². The third-order valence-corrected chi connectivity index (χ3v) is 5.38. The number of hydrogen-bond donors (Lipinski definition) is 0. The van der Waals surface area contributed by atoms with E-state index in [0.717, 1.165) is 4.31 Å². The highest BCUT2D eigenvalue weighted by atomic mass is 32.2. The van der Waals surface area contributed by atoms with Gasteiger partial charge in [-0.2, -0.15) is 4.31 Å². The number of likely N-dealkylation sites (N-methyl/N-ethyl adjacent to an activating group) is 1. The van der Waals surface area contributed by atoms with E-state index in [4.69, 9.17) is 9.47 Å². The van der Waals surface area contributed by atoms with Gasteiger partial charge in [0.1, 0.15) is 5.75 Å². The predicted octanol–water partition coefficient (Wildman–Crippen LogP) is 0.565. The Morgan fingerprint density at radius 1 is 1.26 bits per heavy atom. The minimum atomic E-state index is -3.71. The Morgan fingerprint density at radius 2 is 1.87 bits per heavy atom. The van der Waals surface area contributed by atoms with Crippen molar-refractivity contribution in [1.82, 2.24) is 9.21 Å². The van der Waals surface area contributed by atoms with Gasteiger partial charge in [-0.15, -0.1) is 0 Å². The second-order valence-electron chi connectivity index (χ2n) is 5.16. The number of nitrogens with zero attached hydrogens (tertiary/aromatic N) is 2. The van der Waals surface area contributed by atoms with Crippen molar-refractivity contribution in [2.24, 2.45) is 0 Å². The molecule has 0 aromatic heterocycles. The van der Waals surface area contributed by atoms with Crippen LogP contribution in [0.1, 0.15) is 6.92 Å². The lowest BCUT2D eigenvalue weighted by atomic mass is 10.3. The number of carbonyl (C=O) groups is 1. The van der Waals surface area contributed by atoms with Crippen LogP contribution in [0.25, 0.3) is 0 Å². The van der Waals surface area contributed by atoms with Crippen molar-refractivity contribution in [3.05, 3.63) is 24.3 Å². The van der Waals surface area contributed by atoms with Gasteiger partial charge in [0.15, 0.2) is 0 Å². The molecule has 0 N–H and O–H groups in total. The Bertz CT molecular complexity index is 624. The Kier molecular flexibility index (Phi) is 5.97. The summed E-state index contributed by atoms with van der Waals surface area (Å²) in [5, 5.41) is 0. The van der Waals surface area contributed by atoms with Crippen LogP contribution in [0.5, 0.6) is 5.75 Å². The molecular weight excluding hydrogens is 320 g/mol. The first-order chi connectivity index (χ1) is 10.9. The van der Waals surface area contributed by atoms with Crippen LogP contribution < -0.4 is 4.74 Å². The van der Waals surface area contributed by atoms with Gasteiger partial charge < -0.3 is 14.4 Å². The molecule has 1 fully saturated rings. The summed E-state index contributed by atoms with van der Waals surface area (Å²) in [7, 11) is -2.30. The molecule has 1 aromatic rings. The van der Waals surface area contributed by atoms with E-state index in [1.54, 1.807) is 17.0 Å². The van der Waals surface area contributed by atoms with Crippen LogP contribution >= 0.6 is 0 Å². The fourth-order valence-corrected chi connectivity index (χ4v) is 3.36. The average Bonchev–Trinajstić information content (AvgIpc) is 2.56. The zero-order valence-electron chi connectivity index (χ0n) is 13.4. The van der Waals surface area contributed by atoms with Crippen molar-refractivity contribution in [2.75, 3.05) is 46.5 Å². The maximum absolute atomic E-state index is 12.5. The molecule has 0 aliphatic carbocycles. The number of sulfonamides is 1. The summed E-state index contributed by atoms with van der Waals surface area (Å²) in [6.07, 6.45) is 0. The summed E-state index contributed by atoms with van der Waals surface area (Å²) >= 11 is 0. The fraction of sp³-hybridized carbons (Fsp3) is 0.533. The van der Waals surface area contributed by atoms with E-state index in [1.807, 2.05) is 6.92 Å². The highest BCUT2D eigenvalue weighted by Gasteiger charge is 2.26. The van der Waals surface area contributed by atoms with Crippen LogP contribution in [0.15, 0.2) is 29.2 Å². The molecule has 0 atom stereocenters. The molecule has 1 saturated heterocycles. The third-order valence-electron chi connectivity index (χ3n) is 3.56. The maximum Gasteiger partial charge on any atom is 0.243 e. The molecule has 2 rings (SSSR count). The van der Waals surface area contributed by atoms with Crippen molar-refractivity contribution < 1.29 is 22.7 Å². The molecule has 0 bridgehead atoms. The molecule has 23 heavy (non-hydrogen) atoms. The van der Waals surface area contributed by atoms with Crippen molar-refractivity contribution in [3.8, 4) is 5.75 Å². The minimum absolute atomic E-state index is 0.137. The van der Waals surface area contributed by atoms with Gasteiger partial charge in [0, 0.05) is 20.1 Å². The number of morpholine rings is 1. The molecule has 1 heterocycles. The number of carbonyl (C=O) groups excluding carboxylic acids is 1. The zero-order chi connectivity index (χ0) is 16.9. The van der Waals surface area contributed by atoms with E-state index < -0.39 is 10.0 Å². The first kappa shape index (κ1) is 17.7. The number of ether oxygens (including phenoxy) is 2. The zero-order valence-corrected chi connectivity index (χ0v) is 14.2. The Morgan fingerprint density at radius 3 is 2.43 bits per heavy atom. The summed E-state index contributed by atoms with van der Waals surface area (Å²) in [4.78, 5) is 13.9. The van der Waals surface area contributed by atoms with Gasteiger partial charge in [-0.05, 0) is 31.2 Å². The first-order valence-corrected chi connectivity index (χ1v) is 8.94. The summed E-state index contributed by atoms with van der Waals surface area (Å²) in [6, 6.07) is 6.17. The predicted molar refractivity (Wildman–Crippen MR) is 84.8 cm³/mol. The fourth-order valence-electron chi connectivity index (χ4n) is 2.24. The molecule has 1 aliphatic heterocycles. The van der Waals surface area contributed by atoms with Gasteiger partial charge in [-0.3, -0.25) is 4.79 Å². The molecule has 1 amide bonds. The standard InChI is InChI=1S/C15H22N2O5S/c1-3-22-13-4-6-14(7-5-13)23(19,20)16(2)12-15(18)17-8-10-21-11-9-17/h4-7H,3,8-12H2,1-2H3. The van der Waals surface area contributed by atoms with E-state index in [1.165, 1.54) is 19.2 Å². The van der Waals surface area contributed by atoms with Gasteiger partial charge >= 0.3 is 0 Å². The normalized spacial score (nSPS) is 15.7. The van der Waals surface area contributed by atoms with Crippen LogP contribution in [0.3, 0.4) is 0 Å². The number of benzene rings is 1. The largest absolute Gasteiger partial charge is 0.494 e. The van der Waals surface area contributed by atoms with Gasteiger partial charge in [-0.1, -0.05) is 0 Å². The molecule has 128 valence electrons. The molecule has 0 unspecified atom stereocenters. The van der Waals surface area contributed by atoms with E-state index in [9.17, 15) is 13.2 Å². The second-order valence-corrected chi connectivity index (χ2v) is 7.20. The summed E-state index contributed by atoms with van der Waals surface area (Å²) in [5.41, 5.74) is 0. The van der Waals surface area contributed by atoms with Gasteiger partial charge in [-0.25, -0.2) is 8.42 Å². The Hall–Kier alpha value is -1.64. The van der Waals surface area contributed by atoms with Crippen molar-refractivity contribution in [1.29, 1.82) is 0 Å². The molecular formula is C15H22N2O5S. The van der Waals surface area contributed by atoms with Crippen LogP contribution in [-0.4, -0.2) is 70.0 Å². The minimum Gasteiger partial charge on any atom is -0.494 e. The molecule has 1 aromatic carbocycles. The van der Waals surface area contributed by atoms with Gasteiger partial charge in [0.05, 0.1) is 31.3 Å². The van der Waals surface area contributed by atoms with Crippen LogP contribution in [0, 0.1) is 0 Å². The van der Waals surface area contributed by atoms with Crippen molar-refractivity contribution in [3.63, 3.8) is 0 Å². The van der Waals surface area contributed by atoms with Gasteiger partial charge in [0.25, 0.3) is 0 Å². The first-order valence-electron chi connectivity index (χ1n) is 7.50. The average molecular weight is 342 g/mol. The number of rotatable bonds is 6. The molecule has 0 spiro atoms. The lowest BCUT2D eigenvalue weighted by Crippen LogP contribution is -2.46. The van der Waals surface area contributed by atoms with E-state index in [0.29, 0.717) is 38.7 Å². The third kappa shape index (κ3) is 4.43. The quantitative estimate of drug-likeness (QED) is 0.755. The molecule has 7 nitrogen and oxygen atoms in total. The van der Waals surface area contributed by atoms with E-state index in [2.05, 4.69) is 0 Å². The SMILES string of the molecule is CCOc1ccc(S(=O)(=O)N(C)CC(=O)N2CCOCC2)cc1. The van der Waals surface area contributed by atoms with Crippen molar-refractivity contribution >= 4 is 15.9 Å². The second kappa shape index (κ2) is 7.76. The van der Waals surface area contributed by atoms with E-state index >= 15 is 0 Å². The van der Waals surface area contributed by atoms with Gasteiger partial charge in [0.2, 0.25) is 15.9 Å². The monoisotopic (exact) mass is 342 g/mol. The molecule has 1 aliphatic rings. The van der Waals surface area contributed by atoms with Crippen LogP contribution in [0.4, 0.5) is 0 Å². The Balaban J connectivity index is 2.04. The highest BCUT2D eigenvalue weighted by molar-refractivity contribution is 7.89. The molecule has 0 radical (unpaired) electrons. The van der Waals surface area contributed by atoms with Crippen molar-refractivity contribution in [2.45, 2.75) is 11.8 Å². The lowest BCUT2D eigenvalue weighted by Gasteiger charge is -2.28. The highest BCUT2D eigenvalue weighted by Crippen LogP contribution is 2.19. The Labute approximate surface area is 136 Å². The topological polar surface area (TPSA) is 76.2 Å². The number of hydrogen-bond acceptors (Lipinski definition) is 5. The smallest absolute Gasteiger partial charge is 0.243 e. The van der Waals surface area contributed by atoms with Crippen LogP contribution in [0.2, 0.25) is 0 Å².